The van der Waals surface area contributed by atoms with Gasteiger partial charge in [-0.2, -0.15) is 0 Å². The van der Waals surface area contributed by atoms with Gasteiger partial charge in [-0.1, -0.05) is 18.2 Å². The number of para-hydroxylation sites is 1. The number of anilines is 1. The van der Waals surface area contributed by atoms with Crippen LogP contribution in [0.4, 0.5) is 5.69 Å². The molecule has 0 saturated heterocycles. The number of carbonyl (C=O) groups excluding carboxylic acids is 1. The maximum Gasteiger partial charge on any atom is 0.260 e. The average molecular weight is 249 g/mol. The van der Waals surface area contributed by atoms with Gasteiger partial charge in [-0.15, -0.1) is 12.6 Å². The van der Waals surface area contributed by atoms with Gasteiger partial charge in [0.25, 0.3) is 5.91 Å². The Bertz CT molecular complexity index is 490. The Balaban J connectivity index is 2.98. The number of nitrogens with two attached hydrogens (primary N) is 1. The van der Waals surface area contributed by atoms with E-state index in [0.29, 0.717) is 5.69 Å². The molecular formula is C12H15N3OS. The van der Waals surface area contributed by atoms with Crippen molar-refractivity contribution in [3.05, 3.63) is 40.4 Å². The van der Waals surface area contributed by atoms with Crippen molar-refractivity contribution in [2.45, 2.75) is 13.8 Å². The van der Waals surface area contributed by atoms with Crippen molar-refractivity contribution in [3.63, 3.8) is 0 Å². The van der Waals surface area contributed by atoms with Crippen LogP contribution < -0.4 is 11.1 Å². The van der Waals surface area contributed by atoms with Gasteiger partial charge in [0, 0.05) is 11.4 Å². The summed E-state index contributed by atoms with van der Waals surface area (Å²) >= 11 is 3.92. The minimum Gasteiger partial charge on any atom is -0.393 e. The molecule has 0 aliphatic heterocycles. The SMILES string of the molecule is CC(=N)/C(C(=O)Nc1ccccc1C)=C(/N)S. The first kappa shape index (κ1) is 13.3. The fraction of sp³-hybridized carbons (Fsp3) is 0.167. The van der Waals surface area contributed by atoms with Crippen molar-refractivity contribution in [2.75, 3.05) is 5.32 Å². The van der Waals surface area contributed by atoms with E-state index in [1.165, 1.54) is 6.92 Å². The molecule has 0 saturated carbocycles. The third kappa shape index (κ3) is 3.35. The van der Waals surface area contributed by atoms with Gasteiger partial charge in [0.15, 0.2) is 0 Å². The predicted octanol–water partition coefficient (Wildman–Crippen LogP) is 2.07. The van der Waals surface area contributed by atoms with Gasteiger partial charge in [0.1, 0.15) is 0 Å². The van der Waals surface area contributed by atoms with Gasteiger partial charge >= 0.3 is 0 Å². The summed E-state index contributed by atoms with van der Waals surface area (Å²) in [5.74, 6) is -0.417. The molecule has 0 unspecified atom stereocenters. The van der Waals surface area contributed by atoms with Crippen LogP contribution in [0.5, 0.6) is 0 Å². The lowest BCUT2D eigenvalue weighted by atomic mass is 10.1. The maximum atomic E-state index is 11.9. The predicted molar refractivity (Wildman–Crippen MR) is 73.4 cm³/mol. The van der Waals surface area contributed by atoms with Crippen molar-refractivity contribution in [1.29, 1.82) is 5.41 Å². The number of benzene rings is 1. The van der Waals surface area contributed by atoms with Crippen LogP contribution in [0.25, 0.3) is 0 Å². The fourth-order valence-electron chi connectivity index (χ4n) is 1.38. The monoisotopic (exact) mass is 249 g/mol. The average Bonchev–Trinajstić information content (AvgIpc) is 2.20. The lowest BCUT2D eigenvalue weighted by Gasteiger charge is -2.10. The van der Waals surface area contributed by atoms with E-state index in [1.54, 1.807) is 6.07 Å². The first-order valence-electron chi connectivity index (χ1n) is 5.04. The topological polar surface area (TPSA) is 79.0 Å². The second-order valence-electron chi connectivity index (χ2n) is 3.65. The summed E-state index contributed by atoms with van der Waals surface area (Å²) in [4.78, 5) is 11.9. The molecule has 90 valence electrons. The Morgan fingerprint density at radius 3 is 2.47 bits per heavy atom. The van der Waals surface area contributed by atoms with Crippen molar-refractivity contribution in [1.82, 2.24) is 0 Å². The fourth-order valence-corrected chi connectivity index (χ4v) is 1.65. The number of carbonyl (C=O) groups is 1. The van der Waals surface area contributed by atoms with E-state index in [0.717, 1.165) is 5.56 Å². The molecule has 4 nitrogen and oxygen atoms in total. The molecule has 0 aromatic heterocycles. The third-order valence-electron chi connectivity index (χ3n) is 2.25. The van der Waals surface area contributed by atoms with Crippen LogP contribution in [0.1, 0.15) is 12.5 Å². The molecule has 0 heterocycles. The quantitative estimate of drug-likeness (QED) is 0.376. The van der Waals surface area contributed by atoms with Crippen molar-refractivity contribution in [2.24, 2.45) is 5.73 Å². The normalized spacial score (nSPS) is 11.7. The van der Waals surface area contributed by atoms with Gasteiger partial charge in [0.2, 0.25) is 0 Å². The first-order chi connectivity index (χ1) is 7.93. The molecule has 5 heteroatoms. The number of rotatable bonds is 3. The van der Waals surface area contributed by atoms with Gasteiger partial charge in [-0.05, 0) is 25.5 Å². The minimum atomic E-state index is -0.417. The third-order valence-corrected chi connectivity index (χ3v) is 2.48. The number of aryl methyl sites for hydroxylation is 1. The van der Waals surface area contributed by atoms with Crippen LogP contribution in [0.15, 0.2) is 34.9 Å². The van der Waals surface area contributed by atoms with Crippen molar-refractivity contribution >= 4 is 29.9 Å². The summed E-state index contributed by atoms with van der Waals surface area (Å²) in [6.07, 6.45) is 0. The number of hydrogen-bond donors (Lipinski definition) is 4. The lowest BCUT2D eigenvalue weighted by molar-refractivity contribution is -0.112. The molecular weight excluding hydrogens is 234 g/mol. The van der Waals surface area contributed by atoms with Crippen LogP contribution in [0.2, 0.25) is 0 Å². The van der Waals surface area contributed by atoms with E-state index in [9.17, 15) is 4.79 Å². The molecule has 0 aliphatic rings. The summed E-state index contributed by atoms with van der Waals surface area (Å²) in [6, 6.07) is 7.39. The van der Waals surface area contributed by atoms with E-state index in [2.05, 4.69) is 17.9 Å². The van der Waals surface area contributed by atoms with Gasteiger partial charge in [-0.25, -0.2) is 0 Å². The molecule has 1 rings (SSSR count). The molecule has 0 spiro atoms. The molecule has 0 atom stereocenters. The molecule has 1 amide bonds. The van der Waals surface area contributed by atoms with E-state index < -0.39 is 5.91 Å². The highest BCUT2D eigenvalue weighted by atomic mass is 32.1. The van der Waals surface area contributed by atoms with Crippen LogP contribution in [0, 0.1) is 12.3 Å². The first-order valence-corrected chi connectivity index (χ1v) is 5.49. The van der Waals surface area contributed by atoms with Crippen LogP contribution in [-0.2, 0) is 4.79 Å². The number of hydrogen-bond acceptors (Lipinski definition) is 4. The molecule has 0 radical (unpaired) electrons. The largest absolute Gasteiger partial charge is 0.393 e. The maximum absolute atomic E-state index is 11.9. The highest BCUT2D eigenvalue weighted by Gasteiger charge is 2.15. The van der Waals surface area contributed by atoms with Gasteiger partial charge in [0.05, 0.1) is 10.6 Å². The second kappa shape index (κ2) is 5.54. The number of thiol groups is 1. The minimum absolute atomic E-state index is 0.0450. The van der Waals surface area contributed by atoms with Crippen LogP contribution >= 0.6 is 12.6 Å². The van der Waals surface area contributed by atoms with E-state index >= 15 is 0 Å². The molecule has 17 heavy (non-hydrogen) atoms. The Labute approximate surface area is 106 Å². The standard InChI is InChI=1S/C12H15N3OS/c1-7-5-3-4-6-9(7)15-12(16)10(8(2)13)11(14)17/h3-6,13,17H,14H2,1-2H3,(H,15,16)/b11-10+,13-8?. The summed E-state index contributed by atoms with van der Waals surface area (Å²) in [5, 5.41) is 10.2. The van der Waals surface area contributed by atoms with Crippen LogP contribution in [-0.4, -0.2) is 11.6 Å². The highest BCUT2D eigenvalue weighted by molar-refractivity contribution is 7.84. The molecule has 0 fully saturated rings. The summed E-state index contributed by atoms with van der Waals surface area (Å²) in [6.45, 7) is 3.39. The second-order valence-corrected chi connectivity index (χ2v) is 4.14. The summed E-state index contributed by atoms with van der Waals surface area (Å²) in [5.41, 5.74) is 7.30. The zero-order valence-corrected chi connectivity index (χ0v) is 10.6. The number of nitrogens with one attached hydrogen (secondary N) is 2. The van der Waals surface area contributed by atoms with Crippen molar-refractivity contribution in [3.8, 4) is 0 Å². The van der Waals surface area contributed by atoms with Crippen molar-refractivity contribution < 1.29 is 4.79 Å². The van der Waals surface area contributed by atoms with Crippen LogP contribution in [0.3, 0.4) is 0 Å². The Morgan fingerprint density at radius 2 is 2.00 bits per heavy atom. The van der Waals surface area contributed by atoms with E-state index in [4.69, 9.17) is 11.1 Å². The van der Waals surface area contributed by atoms with E-state index in [1.807, 2.05) is 25.1 Å². The summed E-state index contributed by atoms with van der Waals surface area (Å²) < 4.78 is 0. The highest BCUT2D eigenvalue weighted by Crippen LogP contribution is 2.15. The van der Waals surface area contributed by atoms with E-state index in [-0.39, 0.29) is 16.3 Å². The Kier molecular flexibility index (Phi) is 4.34. The smallest absolute Gasteiger partial charge is 0.260 e. The Morgan fingerprint density at radius 1 is 1.41 bits per heavy atom. The van der Waals surface area contributed by atoms with Gasteiger partial charge in [-0.3, -0.25) is 4.79 Å². The zero-order chi connectivity index (χ0) is 13.0. The van der Waals surface area contributed by atoms with Gasteiger partial charge < -0.3 is 16.5 Å². The zero-order valence-electron chi connectivity index (χ0n) is 9.74. The molecule has 4 N–H and O–H groups in total. The molecule has 1 aromatic rings. The molecule has 0 aliphatic carbocycles. The summed E-state index contributed by atoms with van der Waals surface area (Å²) in [7, 11) is 0. The number of amides is 1. The Hall–Kier alpha value is -1.75. The lowest BCUT2D eigenvalue weighted by Crippen LogP contribution is -2.22. The molecule has 0 bridgehead atoms. The molecule has 1 aromatic carbocycles.